The molecule has 0 bridgehead atoms. The Morgan fingerprint density at radius 2 is 2.04 bits per heavy atom. The number of amides is 2. The van der Waals surface area contributed by atoms with Crippen LogP contribution in [-0.2, 0) is 6.54 Å². The van der Waals surface area contributed by atoms with Crippen molar-refractivity contribution in [2.24, 2.45) is 0 Å². The van der Waals surface area contributed by atoms with Gasteiger partial charge in [-0.15, -0.1) is 0 Å². The largest absolute Gasteiger partial charge is 0.371 e. The van der Waals surface area contributed by atoms with Gasteiger partial charge in [-0.25, -0.2) is 4.79 Å². The predicted octanol–water partition coefficient (Wildman–Crippen LogP) is 3.36. The van der Waals surface area contributed by atoms with Gasteiger partial charge in [0.15, 0.2) is 0 Å². The van der Waals surface area contributed by atoms with Gasteiger partial charge in [0, 0.05) is 30.7 Å². The monoisotopic (exact) mass is 378 g/mol. The molecular weight excluding hydrogens is 356 g/mol. The minimum absolute atomic E-state index is 0.135. The van der Waals surface area contributed by atoms with Crippen LogP contribution in [0.25, 0.3) is 11.5 Å². The van der Waals surface area contributed by atoms with E-state index >= 15 is 0 Å². The van der Waals surface area contributed by atoms with E-state index < -0.39 is 0 Å². The van der Waals surface area contributed by atoms with Gasteiger partial charge in [-0.1, -0.05) is 17.3 Å². The third-order valence-electron chi connectivity index (χ3n) is 4.76. The number of rotatable bonds is 5. The van der Waals surface area contributed by atoms with Crippen LogP contribution < -0.4 is 15.5 Å². The number of nitrogens with zero attached hydrogens (tertiary/aromatic N) is 4. The Labute approximate surface area is 163 Å². The molecule has 0 spiro atoms. The quantitative estimate of drug-likeness (QED) is 0.707. The zero-order chi connectivity index (χ0) is 19.3. The first kappa shape index (κ1) is 18.0. The molecule has 1 saturated heterocycles. The zero-order valence-electron chi connectivity index (χ0n) is 15.7. The molecule has 28 heavy (non-hydrogen) atoms. The van der Waals surface area contributed by atoms with Crippen molar-refractivity contribution < 1.29 is 9.32 Å². The normalized spacial score (nSPS) is 13.5. The van der Waals surface area contributed by atoms with Crippen molar-refractivity contribution in [3.63, 3.8) is 0 Å². The van der Waals surface area contributed by atoms with E-state index in [1.807, 2.05) is 31.2 Å². The Bertz CT molecular complexity index is 950. The highest BCUT2D eigenvalue weighted by Gasteiger charge is 2.17. The molecular formula is C20H22N6O2. The van der Waals surface area contributed by atoms with Gasteiger partial charge in [0.1, 0.15) is 5.69 Å². The fraction of sp³-hybridized carbons (Fsp3) is 0.300. The molecule has 0 saturated carbocycles. The number of aromatic nitrogens is 3. The third kappa shape index (κ3) is 3.95. The summed E-state index contributed by atoms with van der Waals surface area (Å²) in [6.07, 6.45) is 4.08. The van der Waals surface area contributed by atoms with Gasteiger partial charge in [-0.05, 0) is 49.6 Å². The number of carbonyl (C=O) groups excluding carboxylic acids is 1. The Morgan fingerprint density at radius 3 is 2.82 bits per heavy atom. The topological polar surface area (TPSA) is 96.2 Å². The number of pyridine rings is 1. The second-order valence-electron chi connectivity index (χ2n) is 6.68. The molecule has 4 rings (SSSR count). The molecule has 1 aliphatic heterocycles. The summed E-state index contributed by atoms with van der Waals surface area (Å²) in [4.78, 5) is 23.1. The van der Waals surface area contributed by atoms with Gasteiger partial charge >= 0.3 is 6.03 Å². The molecule has 2 N–H and O–H groups in total. The highest BCUT2D eigenvalue weighted by atomic mass is 16.5. The average molecular weight is 378 g/mol. The lowest BCUT2D eigenvalue weighted by Crippen LogP contribution is -2.29. The fourth-order valence-corrected chi connectivity index (χ4v) is 3.31. The Morgan fingerprint density at radius 1 is 1.18 bits per heavy atom. The van der Waals surface area contributed by atoms with Gasteiger partial charge in [0.05, 0.1) is 6.54 Å². The number of urea groups is 1. The highest BCUT2D eigenvalue weighted by molar-refractivity contribution is 5.91. The lowest BCUT2D eigenvalue weighted by Gasteiger charge is -2.22. The van der Waals surface area contributed by atoms with Gasteiger partial charge in [0.25, 0.3) is 0 Å². The maximum atomic E-state index is 12.3. The predicted molar refractivity (Wildman–Crippen MR) is 106 cm³/mol. The van der Waals surface area contributed by atoms with Crippen molar-refractivity contribution in [2.75, 3.05) is 23.3 Å². The first-order chi connectivity index (χ1) is 13.7. The Kier molecular flexibility index (Phi) is 5.18. The van der Waals surface area contributed by atoms with Crippen LogP contribution >= 0.6 is 0 Å². The molecule has 3 heterocycles. The van der Waals surface area contributed by atoms with E-state index in [1.165, 1.54) is 18.5 Å². The molecule has 0 aliphatic carbocycles. The van der Waals surface area contributed by atoms with E-state index in [0.29, 0.717) is 17.4 Å². The molecule has 1 aliphatic rings. The standard InChI is InChI=1S/C20H22N6O2/c1-14-15(8-6-9-17(14)26-11-4-5-12-26)23-20(27)22-13-18-24-19(25-28-18)16-7-2-3-10-21-16/h2-3,6-10H,4-5,11-13H2,1H3,(H2,22,23,27). The number of hydrogen-bond donors (Lipinski definition) is 2. The molecule has 2 amide bonds. The molecule has 144 valence electrons. The van der Waals surface area contributed by atoms with Gasteiger partial charge < -0.3 is 20.1 Å². The van der Waals surface area contributed by atoms with E-state index in [-0.39, 0.29) is 12.6 Å². The van der Waals surface area contributed by atoms with E-state index in [2.05, 4.69) is 36.7 Å². The van der Waals surface area contributed by atoms with Crippen molar-refractivity contribution >= 4 is 17.4 Å². The molecule has 3 aromatic rings. The van der Waals surface area contributed by atoms with Gasteiger partial charge in [-0.3, -0.25) is 4.98 Å². The molecule has 0 atom stereocenters. The summed E-state index contributed by atoms with van der Waals surface area (Å²) in [5.74, 6) is 0.713. The van der Waals surface area contributed by atoms with E-state index in [0.717, 1.165) is 24.3 Å². The number of nitrogens with one attached hydrogen (secondary N) is 2. The number of anilines is 2. The summed E-state index contributed by atoms with van der Waals surface area (Å²) in [6.45, 7) is 4.29. The van der Waals surface area contributed by atoms with Crippen molar-refractivity contribution in [2.45, 2.75) is 26.3 Å². The third-order valence-corrected chi connectivity index (χ3v) is 4.76. The molecule has 8 nitrogen and oxygen atoms in total. The van der Waals surface area contributed by atoms with E-state index in [9.17, 15) is 4.79 Å². The Hall–Kier alpha value is -3.42. The molecule has 2 aromatic heterocycles. The number of hydrogen-bond acceptors (Lipinski definition) is 6. The highest BCUT2D eigenvalue weighted by Crippen LogP contribution is 2.29. The van der Waals surface area contributed by atoms with Crippen LogP contribution in [0.4, 0.5) is 16.2 Å². The lowest BCUT2D eigenvalue weighted by atomic mass is 10.1. The average Bonchev–Trinajstić information content (AvgIpc) is 3.41. The van der Waals surface area contributed by atoms with E-state index in [4.69, 9.17) is 4.52 Å². The second kappa shape index (κ2) is 8.08. The van der Waals surface area contributed by atoms with Crippen molar-refractivity contribution in [1.82, 2.24) is 20.4 Å². The van der Waals surface area contributed by atoms with Crippen molar-refractivity contribution in [3.05, 3.63) is 54.0 Å². The van der Waals surface area contributed by atoms with Crippen LogP contribution in [0.2, 0.25) is 0 Å². The van der Waals surface area contributed by atoms with Crippen LogP contribution in [0.15, 0.2) is 47.1 Å². The van der Waals surface area contributed by atoms with Crippen LogP contribution in [-0.4, -0.2) is 34.2 Å². The lowest BCUT2D eigenvalue weighted by molar-refractivity contribution is 0.249. The summed E-state index contributed by atoms with van der Waals surface area (Å²) in [7, 11) is 0. The Balaban J connectivity index is 1.36. The number of carbonyl (C=O) groups is 1. The summed E-state index contributed by atoms with van der Waals surface area (Å²) < 4.78 is 5.18. The van der Waals surface area contributed by atoms with Crippen molar-refractivity contribution in [3.8, 4) is 11.5 Å². The SMILES string of the molecule is Cc1c(NC(=O)NCc2nc(-c3ccccn3)no2)cccc1N1CCCC1. The fourth-order valence-electron chi connectivity index (χ4n) is 3.31. The number of benzene rings is 1. The van der Waals surface area contributed by atoms with Crippen LogP contribution in [0.1, 0.15) is 24.3 Å². The summed E-state index contributed by atoms with van der Waals surface area (Å²) >= 11 is 0. The molecule has 8 heteroatoms. The van der Waals surface area contributed by atoms with Crippen molar-refractivity contribution in [1.29, 1.82) is 0 Å². The molecule has 0 unspecified atom stereocenters. The molecule has 1 fully saturated rings. The summed E-state index contributed by atoms with van der Waals surface area (Å²) in [6, 6.07) is 11.1. The summed E-state index contributed by atoms with van der Waals surface area (Å²) in [5.41, 5.74) is 3.65. The van der Waals surface area contributed by atoms with Crippen LogP contribution in [0.3, 0.4) is 0 Å². The maximum absolute atomic E-state index is 12.3. The zero-order valence-corrected chi connectivity index (χ0v) is 15.7. The summed E-state index contributed by atoms with van der Waals surface area (Å²) in [5, 5.41) is 9.54. The minimum atomic E-state index is -0.320. The van der Waals surface area contributed by atoms with Gasteiger partial charge in [0.2, 0.25) is 11.7 Å². The van der Waals surface area contributed by atoms with Crippen LogP contribution in [0.5, 0.6) is 0 Å². The second-order valence-corrected chi connectivity index (χ2v) is 6.68. The maximum Gasteiger partial charge on any atom is 0.319 e. The van der Waals surface area contributed by atoms with E-state index in [1.54, 1.807) is 12.3 Å². The van der Waals surface area contributed by atoms with Crippen LogP contribution in [0, 0.1) is 6.92 Å². The molecule has 1 aromatic carbocycles. The minimum Gasteiger partial charge on any atom is -0.371 e. The first-order valence-corrected chi connectivity index (χ1v) is 9.34. The first-order valence-electron chi connectivity index (χ1n) is 9.34. The molecule has 0 radical (unpaired) electrons. The smallest absolute Gasteiger partial charge is 0.319 e. The van der Waals surface area contributed by atoms with Gasteiger partial charge in [-0.2, -0.15) is 4.98 Å².